The number of nitrogens with zero attached hydrogens (tertiary/aromatic N) is 3. The van der Waals surface area contributed by atoms with Gasteiger partial charge in [0, 0.05) is 19.3 Å². The Morgan fingerprint density at radius 3 is 2.60 bits per heavy atom. The summed E-state index contributed by atoms with van der Waals surface area (Å²) < 4.78 is 1.61. The molecule has 7 nitrogen and oxygen atoms in total. The van der Waals surface area contributed by atoms with Crippen LogP contribution in [0.25, 0.3) is 0 Å². The van der Waals surface area contributed by atoms with E-state index in [2.05, 4.69) is 15.6 Å². The van der Waals surface area contributed by atoms with E-state index in [0.29, 0.717) is 18.7 Å². The van der Waals surface area contributed by atoms with E-state index in [9.17, 15) is 4.79 Å². The zero-order valence-corrected chi connectivity index (χ0v) is 11.7. The lowest BCUT2D eigenvalue weighted by molar-refractivity contribution is -0.123. The summed E-state index contributed by atoms with van der Waals surface area (Å²) in [6.45, 7) is 0. The zero-order valence-electron chi connectivity index (χ0n) is 11.7. The van der Waals surface area contributed by atoms with Gasteiger partial charge in [-0.2, -0.15) is 5.10 Å². The number of nitrogens with one attached hydrogen (secondary N) is 1. The normalized spacial score (nSPS) is 19.4. The van der Waals surface area contributed by atoms with Gasteiger partial charge in [-0.3, -0.25) is 9.48 Å². The quantitative estimate of drug-likeness (QED) is 0.256. The summed E-state index contributed by atoms with van der Waals surface area (Å²) in [5, 5.41) is 19.0. The van der Waals surface area contributed by atoms with Crippen molar-refractivity contribution in [1.29, 1.82) is 0 Å². The summed E-state index contributed by atoms with van der Waals surface area (Å²) in [7, 11) is 1.78. The molecule has 1 aliphatic rings. The molecule has 20 heavy (non-hydrogen) atoms. The molecule has 0 spiro atoms. The number of rotatable bonds is 3. The maximum Gasteiger partial charge on any atom is 0.239 e. The molecule has 4 N–H and O–H groups in total. The van der Waals surface area contributed by atoms with Gasteiger partial charge < -0.3 is 16.3 Å². The topological polar surface area (TPSA) is 106 Å². The van der Waals surface area contributed by atoms with Crippen LogP contribution in [0.4, 0.5) is 5.82 Å². The van der Waals surface area contributed by atoms with Crippen molar-refractivity contribution in [3.63, 3.8) is 0 Å². The number of aryl methyl sites for hydroxylation is 1. The third-order valence-electron chi connectivity index (χ3n) is 3.95. The number of hydrogen-bond acceptors (Lipinski definition) is 4. The monoisotopic (exact) mass is 279 g/mol. The second-order valence-electron chi connectivity index (χ2n) is 5.31. The molecule has 1 amide bonds. The third kappa shape index (κ3) is 2.76. The number of carbonyl (C=O) groups is 1. The fourth-order valence-corrected chi connectivity index (χ4v) is 2.75. The van der Waals surface area contributed by atoms with E-state index in [1.807, 2.05) is 0 Å². The van der Waals surface area contributed by atoms with Crippen molar-refractivity contribution in [2.24, 2.45) is 23.4 Å². The highest BCUT2D eigenvalue weighted by molar-refractivity contribution is 6.11. The number of hydrogen-bond donors (Lipinski definition) is 3. The van der Waals surface area contributed by atoms with E-state index >= 15 is 0 Å². The highest BCUT2D eigenvalue weighted by atomic mass is 16.4. The first-order valence-electron chi connectivity index (χ1n) is 6.87. The molecule has 0 atom stereocenters. The average Bonchev–Trinajstić information content (AvgIpc) is 2.70. The molecule has 0 unspecified atom stereocenters. The predicted molar refractivity (Wildman–Crippen MR) is 75.4 cm³/mol. The van der Waals surface area contributed by atoms with E-state index in [-0.39, 0.29) is 11.7 Å². The second-order valence-corrected chi connectivity index (χ2v) is 5.31. The molecule has 1 aromatic heterocycles. The minimum Gasteiger partial charge on any atom is -0.409 e. The van der Waals surface area contributed by atoms with E-state index in [4.69, 9.17) is 10.9 Å². The number of anilines is 1. The van der Waals surface area contributed by atoms with Crippen molar-refractivity contribution >= 4 is 17.6 Å². The molecule has 2 rings (SSSR count). The van der Waals surface area contributed by atoms with Crippen LogP contribution in [-0.2, 0) is 11.8 Å². The molecular formula is C13H21N5O2. The highest BCUT2D eigenvalue weighted by Gasteiger charge is 2.43. The number of amidine groups is 1. The third-order valence-corrected chi connectivity index (χ3v) is 3.95. The van der Waals surface area contributed by atoms with Crippen LogP contribution in [0.5, 0.6) is 0 Å². The lowest BCUT2D eigenvalue weighted by atomic mass is 9.78. The van der Waals surface area contributed by atoms with Gasteiger partial charge in [-0.25, -0.2) is 0 Å². The minimum atomic E-state index is -0.928. The first kappa shape index (κ1) is 14.4. The van der Waals surface area contributed by atoms with Crippen LogP contribution in [0.3, 0.4) is 0 Å². The van der Waals surface area contributed by atoms with Gasteiger partial charge in [0.1, 0.15) is 5.41 Å². The average molecular weight is 279 g/mol. The number of aromatic nitrogens is 2. The summed E-state index contributed by atoms with van der Waals surface area (Å²) in [6.07, 6.45) is 6.87. The highest BCUT2D eigenvalue weighted by Crippen LogP contribution is 2.36. The van der Waals surface area contributed by atoms with Crippen molar-refractivity contribution in [3.8, 4) is 0 Å². The number of nitrogens with two attached hydrogens (primary N) is 1. The first-order valence-corrected chi connectivity index (χ1v) is 6.87. The van der Waals surface area contributed by atoms with Crippen LogP contribution in [0.1, 0.15) is 38.5 Å². The van der Waals surface area contributed by atoms with Gasteiger partial charge in [-0.15, -0.1) is 0 Å². The van der Waals surface area contributed by atoms with Crippen LogP contribution in [0.15, 0.2) is 17.4 Å². The molecule has 7 heteroatoms. The Balaban J connectivity index is 2.23. The molecule has 1 aromatic rings. The van der Waals surface area contributed by atoms with Crippen LogP contribution in [0.2, 0.25) is 0 Å². The maximum absolute atomic E-state index is 12.6. The molecule has 1 fully saturated rings. The molecule has 1 heterocycles. The van der Waals surface area contributed by atoms with Crippen LogP contribution in [0, 0.1) is 5.41 Å². The van der Waals surface area contributed by atoms with Crippen molar-refractivity contribution in [1.82, 2.24) is 9.78 Å². The van der Waals surface area contributed by atoms with Crippen LogP contribution < -0.4 is 11.1 Å². The van der Waals surface area contributed by atoms with Gasteiger partial charge in [0.05, 0.1) is 0 Å². The van der Waals surface area contributed by atoms with E-state index in [1.54, 1.807) is 24.0 Å². The summed E-state index contributed by atoms with van der Waals surface area (Å²) in [6, 6.07) is 1.72. The number of amides is 1. The van der Waals surface area contributed by atoms with E-state index in [1.165, 1.54) is 0 Å². The van der Waals surface area contributed by atoms with Gasteiger partial charge in [-0.05, 0) is 12.8 Å². The summed E-state index contributed by atoms with van der Waals surface area (Å²) in [4.78, 5) is 12.6. The summed E-state index contributed by atoms with van der Waals surface area (Å²) >= 11 is 0. The van der Waals surface area contributed by atoms with Crippen molar-refractivity contribution < 1.29 is 10.0 Å². The molecule has 1 aliphatic carbocycles. The Labute approximate surface area is 117 Å². The maximum atomic E-state index is 12.6. The molecule has 0 aliphatic heterocycles. The lowest BCUT2D eigenvalue weighted by Crippen LogP contribution is -2.47. The van der Waals surface area contributed by atoms with Gasteiger partial charge >= 0.3 is 0 Å². The molecule has 0 saturated heterocycles. The van der Waals surface area contributed by atoms with E-state index < -0.39 is 5.41 Å². The van der Waals surface area contributed by atoms with Crippen LogP contribution in [-0.4, -0.2) is 26.7 Å². The Morgan fingerprint density at radius 2 is 2.10 bits per heavy atom. The largest absolute Gasteiger partial charge is 0.409 e. The van der Waals surface area contributed by atoms with Crippen molar-refractivity contribution in [3.05, 3.63) is 12.3 Å². The summed E-state index contributed by atoms with van der Waals surface area (Å²) in [5.74, 6) is 0.230. The Bertz CT molecular complexity index is 501. The minimum absolute atomic E-state index is 0.00664. The SMILES string of the molecule is Cn1ccc(NC(=O)C2(C(N)=NO)CCCCCC2)n1. The first-order chi connectivity index (χ1) is 9.58. The molecule has 0 radical (unpaired) electrons. The molecule has 110 valence electrons. The van der Waals surface area contributed by atoms with Crippen LogP contribution >= 0.6 is 0 Å². The molecule has 0 aromatic carbocycles. The van der Waals surface area contributed by atoms with E-state index in [0.717, 1.165) is 25.7 Å². The molecule has 0 bridgehead atoms. The number of oxime groups is 1. The number of carbonyl (C=O) groups excluding carboxylic acids is 1. The second kappa shape index (κ2) is 5.94. The molecular weight excluding hydrogens is 258 g/mol. The van der Waals surface area contributed by atoms with Gasteiger partial charge in [-0.1, -0.05) is 30.8 Å². The fourth-order valence-electron chi connectivity index (χ4n) is 2.75. The smallest absolute Gasteiger partial charge is 0.239 e. The molecule has 1 saturated carbocycles. The Morgan fingerprint density at radius 1 is 1.45 bits per heavy atom. The van der Waals surface area contributed by atoms with Gasteiger partial charge in [0.15, 0.2) is 11.7 Å². The Hall–Kier alpha value is -2.05. The fraction of sp³-hybridized carbons (Fsp3) is 0.615. The Kier molecular flexibility index (Phi) is 4.26. The lowest BCUT2D eigenvalue weighted by Gasteiger charge is -2.29. The standard InChI is InChI=1S/C13H21N5O2/c1-18-9-6-10(16-18)15-12(19)13(11(14)17-20)7-4-2-3-5-8-13/h6,9,20H,2-5,7-8H2,1H3,(H2,14,17)(H,15,16,19). The van der Waals surface area contributed by atoms with Crippen molar-refractivity contribution in [2.45, 2.75) is 38.5 Å². The van der Waals surface area contributed by atoms with Crippen molar-refractivity contribution in [2.75, 3.05) is 5.32 Å². The van der Waals surface area contributed by atoms with Gasteiger partial charge in [0.2, 0.25) is 5.91 Å². The predicted octanol–water partition coefficient (Wildman–Crippen LogP) is 1.45. The zero-order chi connectivity index (χ0) is 14.6. The van der Waals surface area contributed by atoms with Gasteiger partial charge in [0.25, 0.3) is 0 Å². The summed E-state index contributed by atoms with van der Waals surface area (Å²) in [5.41, 5.74) is 4.90.